The Morgan fingerprint density at radius 1 is 0.909 bits per heavy atom. The molecule has 1 aliphatic carbocycles. The molecule has 0 bridgehead atoms. The van der Waals surface area contributed by atoms with E-state index in [0.29, 0.717) is 17.5 Å². The second-order valence-corrected chi connectivity index (χ2v) is 8.32. The summed E-state index contributed by atoms with van der Waals surface area (Å²) in [6, 6.07) is 23.2. The van der Waals surface area contributed by atoms with Crippen LogP contribution in [-0.2, 0) is 4.79 Å². The number of piperazine rings is 1. The highest BCUT2D eigenvalue weighted by Gasteiger charge is 2.33. The van der Waals surface area contributed by atoms with Gasteiger partial charge in [0.1, 0.15) is 0 Å². The fraction of sp³-hybridized carbons (Fsp3) is 0.259. The molecule has 1 heterocycles. The summed E-state index contributed by atoms with van der Waals surface area (Å²) in [5.41, 5.74) is 6.39. The van der Waals surface area contributed by atoms with Gasteiger partial charge in [-0.2, -0.15) is 5.10 Å². The van der Waals surface area contributed by atoms with Gasteiger partial charge in [0.2, 0.25) is 0 Å². The second-order valence-electron chi connectivity index (χ2n) is 8.32. The van der Waals surface area contributed by atoms with E-state index in [0.717, 1.165) is 31.7 Å². The summed E-state index contributed by atoms with van der Waals surface area (Å²) < 4.78 is 10.5. The number of hydrogen-bond acceptors (Lipinski definition) is 6. The van der Waals surface area contributed by atoms with E-state index in [9.17, 15) is 4.79 Å². The first-order chi connectivity index (χ1) is 16.1. The summed E-state index contributed by atoms with van der Waals surface area (Å²) in [5, 5.41) is 6.79. The summed E-state index contributed by atoms with van der Waals surface area (Å²) >= 11 is 0. The average molecular weight is 442 g/mol. The molecular weight excluding hydrogens is 414 g/mol. The lowest BCUT2D eigenvalue weighted by Gasteiger charge is -2.37. The van der Waals surface area contributed by atoms with Crippen LogP contribution in [0.15, 0.2) is 71.8 Å². The van der Waals surface area contributed by atoms with Gasteiger partial charge in [0.15, 0.2) is 11.5 Å². The second kappa shape index (κ2) is 9.08. The predicted molar refractivity (Wildman–Crippen MR) is 129 cm³/mol. The Kier molecular flexibility index (Phi) is 5.84. The van der Waals surface area contributed by atoms with Crippen LogP contribution in [-0.4, -0.2) is 55.4 Å². The summed E-state index contributed by atoms with van der Waals surface area (Å²) in [5.74, 6) is 0.547. The number of fused-ring (bicyclic) bond motifs is 3. The molecule has 168 valence electrons. The number of carbonyl (C=O) groups is 1. The number of hydrogen-bond donors (Lipinski definition) is 0. The van der Waals surface area contributed by atoms with Gasteiger partial charge in [-0.25, -0.2) is 0 Å². The fourth-order valence-electron chi connectivity index (χ4n) is 4.76. The van der Waals surface area contributed by atoms with Gasteiger partial charge in [-0.3, -0.25) is 14.7 Å². The third-order valence-corrected chi connectivity index (χ3v) is 6.27. The molecule has 0 N–H and O–H groups in total. The van der Waals surface area contributed by atoms with Gasteiger partial charge in [0, 0.05) is 33.1 Å². The summed E-state index contributed by atoms with van der Waals surface area (Å²) in [7, 11) is 1.56. The number of esters is 1. The van der Waals surface area contributed by atoms with E-state index in [4.69, 9.17) is 9.47 Å². The SMILES string of the molecule is COc1cc(/C=N/N2CCN(C3c4ccccc4-c4ccccc43)CC2)ccc1OC(C)=O. The maximum absolute atomic E-state index is 11.2. The molecule has 0 amide bonds. The molecule has 6 heteroatoms. The average Bonchev–Trinajstić information content (AvgIpc) is 3.18. The molecule has 33 heavy (non-hydrogen) atoms. The van der Waals surface area contributed by atoms with E-state index in [1.54, 1.807) is 13.2 Å². The van der Waals surface area contributed by atoms with Crippen LogP contribution < -0.4 is 9.47 Å². The Labute approximate surface area is 194 Å². The first-order valence-corrected chi connectivity index (χ1v) is 11.2. The lowest BCUT2D eigenvalue weighted by molar-refractivity contribution is -0.132. The highest BCUT2D eigenvalue weighted by molar-refractivity contribution is 5.81. The maximum Gasteiger partial charge on any atom is 0.308 e. The Morgan fingerprint density at radius 2 is 1.55 bits per heavy atom. The standard InChI is InChI=1S/C27H27N3O3/c1-19(31)33-25-12-11-20(17-26(25)32-2)18-28-30-15-13-29(14-16-30)27-23-9-5-3-7-21(23)22-8-4-6-10-24(22)27/h3-12,17-18,27H,13-16H2,1-2H3/b28-18+. The van der Waals surface area contributed by atoms with Crippen molar-refractivity contribution < 1.29 is 14.3 Å². The van der Waals surface area contributed by atoms with Crippen molar-refractivity contribution in [3.63, 3.8) is 0 Å². The summed E-state index contributed by atoms with van der Waals surface area (Å²) in [6.07, 6.45) is 1.83. The Morgan fingerprint density at radius 3 is 2.15 bits per heavy atom. The van der Waals surface area contributed by atoms with Gasteiger partial charge in [-0.1, -0.05) is 48.5 Å². The van der Waals surface area contributed by atoms with Crippen molar-refractivity contribution in [1.82, 2.24) is 9.91 Å². The monoisotopic (exact) mass is 441 g/mol. The van der Waals surface area contributed by atoms with Crippen LogP contribution in [0.4, 0.5) is 0 Å². The molecule has 3 aromatic carbocycles. The molecule has 0 spiro atoms. The van der Waals surface area contributed by atoms with Crippen LogP contribution in [0.1, 0.15) is 29.7 Å². The Balaban J connectivity index is 1.27. The van der Waals surface area contributed by atoms with Crippen molar-refractivity contribution in [2.24, 2.45) is 5.10 Å². The minimum atomic E-state index is -0.375. The van der Waals surface area contributed by atoms with Crippen LogP contribution in [0.3, 0.4) is 0 Å². The molecule has 1 fully saturated rings. The van der Waals surface area contributed by atoms with Crippen molar-refractivity contribution in [2.45, 2.75) is 13.0 Å². The molecule has 0 unspecified atom stereocenters. The largest absolute Gasteiger partial charge is 0.493 e. The van der Waals surface area contributed by atoms with Gasteiger partial charge in [0.05, 0.1) is 19.4 Å². The minimum Gasteiger partial charge on any atom is -0.493 e. The van der Waals surface area contributed by atoms with E-state index in [1.165, 1.54) is 29.2 Å². The first-order valence-electron chi connectivity index (χ1n) is 11.2. The molecular formula is C27H27N3O3. The summed E-state index contributed by atoms with van der Waals surface area (Å²) in [4.78, 5) is 13.8. The predicted octanol–water partition coefficient (Wildman–Crippen LogP) is 4.34. The van der Waals surface area contributed by atoms with E-state index in [1.807, 2.05) is 18.3 Å². The van der Waals surface area contributed by atoms with Gasteiger partial charge in [-0.05, 0) is 46.0 Å². The van der Waals surface area contributed by atoms with Gasteiger partial charge in [-0.15, -0.1) is 0 Å². The molecule has 1 saturated heterocycles. The molecule has 0 radical (unpaired) electrons. The van der Waals surface area contributed by atoms with Crippen LogP contribution in [0, 0.1) is 0 Å². The highest BCUT2D eigenvalue weighted by Crippen LogP contribution is 2.46. The number of nitrogens with zero attached hydrogens (tertiary/aromatic N) is 3. The van der Waals surface area contributed by atoms with Gasteiger partial charge >= 0.3 is 5.97 Å². The molecule has 5 rings (SSSR count). The molecule has 0 saturated carbocycles. The van der Waals surface area contributed by atoms with E-state index in [2.05, 4.69) is 63.5 Å². The van der Waals surface area contributed by atoms with Crippen LogP contribution in [0.2, 0.25) is 0 Å². The Hall–Kier alpha value is -3.64. The number of benzene rings is 3. The van der Waals surface area contributed by atoms with Gasteiger partial charge in [0.25, 0.3) is 0 Å². The third kappa shape index (κ3) is 4.22. The lowest BCUT2D eigenvalue weighted by Crippen LogP contribution is -2.45. The van der Waals surface area contributed by atoms with E-state index >= 15 is 0 Å². The number of methoxy groups -OCH3 is 1. The van der Waals surface area contributed by atoms with Crippen molar-refractivity contribution >= 4 is 12.2 Å². The third-order valence-electron chi connectivity index (χ3n) is 6.27. The zero-order valence-electron chi connectivity index (χ0n) is 18.9. The van der Waals surface area contributed by atoms with E-state index < -0.39 is 0 Å². The molecule has 2 aliphatic rings. The fourth-order valence-corrected chi connectivity index (χ4v) is 4.76. The number of ether oxygens (including phenoxy) is 2. The van der Waals surface area contributed by atoms with Crippen LogP contribution >= 0.6 is 0 Å². The van der Waals surface area contributed by atoms with Crippen molar-refractivity contribution in [1.29, 1.82) is 0 Å². The van der Waals surface area contributed by atoms with Crippen molar-refractivity contribution in [3.8, 4) is 22.6 Å². The lowest BCUT2D eigenvalue weighted by atomic mass is 10.0. The molecule has 3 aromatic rings. The van der Waals surface area contributed by atoms with Gasteiger partial charge < -0.3 is 9.47 Å². The molecule has 6 nitrogen and oxygen atoms in total. The zero-order chi connectivity index (χ0) is 22.8. The molecule has 0 aromatic heterocycles. The van der Waals surface area contributed by atoms with Crippen LogP contribution in [0.5, 0.6) is 11.5 Å². The molecule has 0 atom stereocenters. The van der Waals surface area contributed by atoms with Crippen molar-refractivity contribution in [2.75, 3.05) is 33.3 Å². The topological polar surface area (TPSA) is 54.4 Å². The number of carbonyl (C=O) groups excluding carboxylic acids is 1. The maximum atomic E-state index is 11.2. The first kappa shape index (κ1) is 21.2. The van der Waals surface area contributed by atoms with Crippen LogP contribution in [0.25, 0.3) is 11.1 Å². The Bertz CT molecular complexity index is 1150. The summed E-state index contributed by atoms with van der Waals surface area (Å²) in [6.45, 7) is 4.98. The smallest absolute Gasteiger partial charge is 0.308 e. The van der Waals surface area contributed by atoms with Crippen molar-refractivity contribution in [3.05, 3.63) is 83.4 Å². The normalized spacial score (nSPS) is 16.0. The highest BCUT2D eigenvalue weighted by atomic mass is 16.6. The number of hydrazone groups is 1. The van der Waals surface area contributed by atoms with E-state index in [-0.39, 0.29) is 5.97 Å². The molecule has 1 aliphatic heterocycles. The number of rotatable bonds is 5. The quantitative estimate of drug-likeness (QED) is 0.335. The zero-order valence-corrected chi connectivity index (χ0v) is 18.9. The minimum absolute atomic E-state index is 0.307.